The predicted molar refractivity (Wildman–Crippen MR) is 86.0 cm³/mol. The first-order valence-electron chi connectivity index (χ1n) is 7.88. The number of nitrogens with zero attached hydrogens (tertiary/aromatic N) is 2. The highest BCUT2D eigenvalue weighted by Gasteiger charge is 2.32. The lowest BCUT2D eigenvalue weighted by molar-refractivity contribution is -0.109. The number of aryl methyl sites for hydroxylation is 1. The van der Waals surface area contributed by atoms with Gasteiger partial charge in [-0.2, -0.15) is 0 Å². The summed E-state index contributed by atoms with van der Waals surface area (Å²) in [5, 5.41) is 0. The minimum atomic E-state index is -0.150. The van der Waals surface area contributed by atoms with Crippen LogP contribution < -0.4 is 10.6 Å². The summed E-state index contributed by atoms with van der Waals surface area (Å²) >= 11 is 0. The molecule has 21 heavy (non-hydrogen) atoms. The van der Waals surface area contributed by atoms with Gasteiger partial charge in [0.05, 0.1) is 5.92 Å². The summed E-state index contributed by atoms with van der Waals surface area (Å²) in [5.41, 5.74) is 11.3. The van der Waals surface area contributed by atoms with E-state index in [1.807, 2.05) is 0 Å². The highest BCUT2D eigenvalue weighted by Crippen LogP contribution is 2.38. The molecule has 1 aromatic carbocycles. The first-order valence-corrected chi connectivity index (χ1v) is 7.88. The number of hydrogen-bond acceptors (Lipinski definition) is 4. The third-order valence-corrected chi connectivity index (χ3v) is 5.08. The lowest BCUT2D eigenvalue weighted by Gasteiger charge is -2.39. The van der Waals surface area contributed by atoms with Gasteiger partial charge < -0.3 is 20.3 Å². The molecule has 0 aromatic heterocycles. The first-order chi connectivity index (χ1) is 10.1. The quantitative estimate of drug-likeness (QED) is 0.833. The molecule has 1 unspecified atom stereocenters. The van der Waals surface area contributed by atoms with Crippen LogP contribution in [-0.4, -0.2) is 50.5 Å². The summed E-state index contributed by atoms with van der Waals surface area (Å²) in [4.78, 5) is 16.4. The molecule has 3 rings (SSSR count). The van der Waals surface area contributed by atoms with E-state index in [1.165, 1.54) is 22.4 Å². The van der Waals surface area contributed by atoms with Gasteiger partial charge in [0.25, 0.3) is 0 Å². The average Bonchev–Trinajstić information content (AvgIpc) is 2.49. The molecule has 4 heteroatoms. The molecule has 0 radical (unpaired) electrons. The number of aldehydes is 1. The van der Waals surface area contributed by atoms with Crippen LogP contribution in [0.2, 0.25) is 0 Å². The summed E-state index contributed by atoms with van der Waals surface area (Å²) in [6.45, 7) is 6.33. The second-order valence-corrected chi connectivity index (χ2v) is 6.45. The van der Waals surface area contributed by atoms with Crippen molar-refractivity contribution in [3.63, 3.8) is 0 Å². The molecule has 1 aliphatic heterocycles. The van der Waals surface area contributed by atoms with Gasteiger partial charge in [-0.25, -0.2) is 0 Å². The van der Waals surface area contributed by atoms with Crippen LogP contribution in [0.5, 0.6) is 0 Å². The van der Waals surface area contributed by atoms with Crippen LogP contribution in [0.4, 0.5) is 5.69 Å². The monoisotopic (exact) mass is 287 g/mol. The molecule has 4 nitrogen and oxygen atoms in total. The van der Waals surface area contributed by atoms with Crippen molar-refractivity contribution in [3.8, 4) is 0 Å². The van der Waals surface area contributed by atoms with Gasteiger partial charge in [0.2, 0.25) is 0 Å². The number of hydrogen-bond donors (Lipinski definition) is 1. The highest BCUT2D eigenvalue weighted by molar-refractivity contribution is 5.74. The minimum Gasteiger partial charge on any atom is -0.369 e. The Morgan fingerprint density at radius 1 is 1.24 bits per heavy atom. The standard InChI is InChI=1S/C17H25N3O/c1-12-3-6-16(20-9-7-19(2)8-10-20)17-13(12)4-5-15(18)14(17)11-21/h3,6,11,14-15H,4-5,7-10,18H2,1-2H3/t14-,15?/m0/s1. The fraction of sp³-hybridized carbons (Fsp3) is 0.588. The molecule has 0 bridgehead atoms. The van der Waals surface area contributed by atoms with E-state index in [9.17, 15) is 4.79 Å². The van der Waals surface area contributed by atoms with E-state index in [1.54, 1.807) is 0 Å². The van der Waals surface area contributed by atoms with Gasteiger partial charge in [0.1, 0.15) is 6.29 Å². The van der Waals surface area contributed by atoms with Crippen molar-refractivity contribution in [2.75, 3.05) is 38.1 Å². The van der Waals surface area contributed by atoms with Gasteiger partial charge in [0.15, 0.2) is 0 Å². The van der Waals surface area contributed by atoms with E-state index < -0.39 is 0 Å². The van der Waals surface area contributed by atoms with Gasteiger partial charge in [0, 0.05) is 37.9 Å². The van der Waals surface area contributed by atoms with Gasteiger partial charge in [-0.15, -0.1) is 0 Å². The Morgan fingerprint density at radius 2 is 1.95 bits per heavy atom. The first kappa shape index (κ1) is 14.5. The Bertz CT molecular complexity index is 535. The number of rotatable bonds is 2. The van der Waals surface area contributed by atoms with Crippen molar-refractivity contribution < 1.29 is 4.79 Å². The Labute approximate surface area is 126 Å². The van der Waals surface area contributed by atoms with E-state index in [4.69, 9.17) is 5.73 Å². The number of anilines is 1. The predicted octanol–water partition coefficient (Wildman–Crippen LogP) is 1.30. The topological polar surface area (TPSA) is 49.6 Å². The molecule has 1 aliphatic carbocycles. The van der Waals surface area contributed by atoms with Crippen LogP contribution >= 0.6 is 0 Å². The second-order valence-electron chi connectivity index (χ2n) is 6.45. The van der Waals surface area contributed by atoms with Crippen molar-refractivity contribution in [1.82, 2.24) is 4.90 Å². The molecular weight excluding hydrogens is 262 g/mol. The van der Waals surface area contributed by atoms with E-state index in [-0.39, 0.29) is 12.0 Å². The molecule has 1 fully saturated rings. The van der Waals surface area contributed by atoms with E-state index in [0.717, 1.165) is 45.3 Å². The maximum absolute atomic E-state index is 11.6. The molecule has 2 atom stereocenters. The third-order valence-electron chi connectivity index (χ3n) is 5.08. The molecule has 2 aliphatic rings. The lowest BCUT2D eigenvalue weighted by atomic mass is 9.77. The number of benzene rings is 1. The summed E-state index contributed by atoms with van der Waals surface area (Å²) in [6, 6.07) is 4.35. The van der Waals surface area contributed by atoms with Gasteiger partial charge in [-0.3, -0.25) is 0 Å². The Hall–Kier alpha value is -1.39. The summed E-state index contributed by atoms with van der Waals surface area (Å²) < 4.78 is 0. The van der Waals surface area contributed by atoms with Crippen LogP contribution in [0.1, 0.15) is 29.0 Å². The molecule has 1 heterocycles. The van der Waals surface area contributed by atoms with Gasteiger partial charge in [-0.1, -0.05) is 6.07 Å². The van der Waals surface area contributed by atoms with Crippen LogP contribution in [0.25, 0.3) is 0 Å². The van der Waals surface area contributed by atoms with E-state index in [2.05, 4.69) is 35.9 Å². The average molecular weight is 287 g/mol. The van der Waals surface area contributed by atoms with Gasteiger partial charge >= 0.3 is 0 Å². The maximum atomic E-state index is 11.6. The number of nitrogens with two attached hydrogens (primary N) is 1. The molecule has 0 amide bonds. The molecule has 0 saturated carbocycles. The largest absolute Gasteiger partial charge is 0.369 e. The van der Waals surface area contributed by atoms with Crippen LogP contribution in [0.3, 0.4) is 0 Å². The lowest BCUT2D eigenvalue weighted by Crippen LogP contribution is -2.45. The molecule has 114 valence electrons. The number of likely N-dealkylation sites (N-methyl/N-ethyl adjacent to an activating group) is 1. The fourth-order valence-corrected chi connectivity index (χ4v) is 3.66. The van der Waals surface area contributed by atoms with Crippen molar-refractivity contribution in [1.29, 1.82) is 0 Å². The van der Waals surface area contributed by atoms with E-state index in [0.29, 0.717) is 0 Å². The van der Waals surface area contributed by atoms with Crippen LogP contribution in [0.15, 0.2) is 12.1 Å². The Kier molecular flexibility index (Phi) is 4.00. The summed E-state index contributed by atoms with van der Waals surface area (Å²) in [5.74, 6) is -0.150. The Balaban J connectivity index is 2.03. The third kappa shape index (κ3) is 2.58. The number of carbonyl (C=O) groups is 1. The number of fused-ring (bicyclic) bond motifs is 1. The number of carbonyl (C=O) groups excluding carboxylic acids is 1. The molecule has 2 N–H and O–H groups in total. The summed E-state index contributed by atoms with van der Waals surface area (Å²) in [6.07, 6.45) is 2.96. The van der Waals surface area contributed by atoms with Crippen molar-refractivity contribution >= 4 is 12.0 Å². The smallest absolute Gasteiger partial charge is 0.129 e. The molecule has 0 spiro atoms. The van der Waals surface area contributed by atoms with Crippen molar-refractivity contribution in [2.45, 2.75) is 31.7 Å². The minimum absolute atomic E-state index is 0.0389. The molecule has 1 aromatic rings. The van der Waals surface area contributed by atoms with Crippen LogP contribution in [0, 0.1) is 6.92 Å². The van der Waals surface area contributed by atoms with Gasteiger partial charge in [-0.05, 0) is 49.6 Å². The summed E-state index contributed by atoms with van der Waals surface area (Å²) in [7, 11) is 2.16. The maximum Gasteiger partial charge on any atom is 0.129 e. The second kappa shape index (κ2) is 5.78. The Morgan fingerprint density at radius 3 is 2.62 bits per heavy atom. The zero-order valence-electron chi connectivity index (χ0n) is 13.0. The normalized spacial score (nSPS) is 26.5. The zero-order chi connectivity index (χ0) is 15.0. The van der Waals surface area contributed by atoms with Crippen LogP contribution in [-0.2, 0) is 11.2 Å². The zero-order valence-corrected chi connectivity index (χ0v) is 13.0. The number of piperazine rings is 1. The van der Waals surface area contributed by atoms with Crippen molar-refractivity contribution in [2.24, 2.45) is 5.73 Å². The SMILES string of the molecule is Cc1ccc(N2CCN(C)CC2)c2c1CCC(N)[C@@H]2C=O. The van der Waals surface area contributed by atoms with Crippen molar-refractivity contribution in [3.05, 3.63) is 28.8 Å². The molecular formula is C17H25N3O. The van der Waals surface area contributed by atoms with E-state index >= 15 is 0 Å². The highest BCUT2D eigenvalue weighted by atomic mass is 16.1. The fourth-order valence-electron chi connectivity index (χ4n) is 3.66. The molecule has 1 saturated heterocycles.